The number of sulfone groups is 1. The zero-order valence-corrected chi connectivity index (χ0v) is 17.6. The largest absolute Gasteiger partial charge is 0.320 e. The van der Waals surface area contributed by atoms with Gasteiger partial charge in [-0.2, -0.15) is 0 Å². The Bertz CT molecular complexity index is 906. The Balaban J connectivity index is 1.99. The average molecular weight is 404 g/mol. The standard InChI is InChI=1S/C22H29NO4S/c1-15(2)17-10-11-19-13-18(12-16(3)22(19,4)14-17)21(23(24)25)28(26,27)20-8-6-5-7-9-20/h5-9,13,16-18,21H,1,10-12,14H2,2-4H3. The predicted molar refractivity (Wildman–Crippen MR) is 110 cm³/mol. The minimum atomic E-state index is -4.06. The number of nitrogens with zero attached hydrogens (tertiary/aromatic N) is 1. The van der Waals surface area contributed by atoms with Gasteiger partial charge in [-0.3, -0.25) is 10.1 Å². The summed E-state index contributed by atoms with van der Waals surface area (Å²) in [5, 5.41) is 10.2. The van der Waals surface area contributed by atoms with Crippen molar-refractivity contribution in [3.63, 3.8) is 0 Å². The third-order valence-electron chi connectivity index (χ3n) is 6.96. The Hall–Kier alpha value is -1.95. The number of fused-ring (bicyclic) bond motifs is 1. The first kappa shape index (κ1) is 20.8. The fraction of sp³-hybridized carbons (Fsp3) is 0.545. The normalized spacial score (nSPS) is 31.4. The molecule has 5 unspecified atom stereocenters. The molecule has 0 aliphatic heterocycles. The SMILES string of the molecule is C=C(C)C1CCC2=CC(C([N+](=O)[O-])S(=O)(=O)c3ccccc3)CC(C)C2(C)C1. The van der Waals surface area contributed by atoms with Crippen LogP contribution >= 0.6 is 0 Å². The summed E-state index contributed by atoms with van der Waals surface area (Å²) in [6, 6.07) is 7.78. The molecule has 0 heterocycles. The lowest BCUT2D eigenvalue weighted by Crippen LogP contribution is -2.44. The molecule has 28 heavy (non-hydrogen) atoms. The molecule has 5 nitrogen and oxygen atoms in total. The summed E-state index contributed by atoms with van der Waals surface area (Å²) >= 11 is 0. The number of benzene rings is 1. The van der Waals surface area contributed by atoms with Gasteiger partial charge in [0.15, 0.2) is 0 Å². The van der Waals surface area contributed by atoms with Crippen LogP contribution in [0.3, 0.4) is 0 Å². The highest BCUT2D eigenvalue weighted by molar-refractivity contribution is 7.91. The van der Waals surface area contributed by atoms with E-state index in [1.807, 2.05) is 6.08 Å². The smallest absolute Gasteiger partial charge is 0.263 e. The summed E-state index contributed by atoms with van der Waals surface area (Å²) in [6.07, 6.45) is 5.23. The Kier molecular flexibility index (Phi) is 5.54. The molecule has 2 aliphatic carbocycles. The topological polar surface area (TPSA) is 77.3 Å². The van der Waals surface area contributed by atoms with E-state index in [1.54, 1.807) is 18.2 Å². The van der Waals surface area contributed by atoms with Crippen LogP contribution in [0.4, 0.5) is 0 Å². The Morgan fingerprint density at radius 3 is 2.54 bits per heavy atom. The highest BCUT2D eigenvalue weighted by atomic mass is 32.2. The van der Waals surface area contributed by atoms with Crippen molar-refractivity contribution in [2.45, 2.75) is 56.7 Å². The maximum atomic E-state index is 13.1. The molecule has 0 spiro atoms. The van der Waals surface area contributed by atoms with Gasteiger partial charge in [0.25, 0.3) is 0 Å². The second-order valence-corrected chi connectivity index (χ2v) is 10.8. The van der Waals surface area contributed by atoms with Crippen molar-refractivity contribution in [3.05, 3.63) is 64.2 Å². The van der Waals surface area contributed by atoms with E-state index >= 15 is 0 Å². The summed E-state index contributed by atoms with van der Waals surface area (Å²) < 4.78 is 26.2. The molecule has 1 fully saturated rings. The molecule has 0 saturated heterocycles. The van der Waals surface area contributed by atoms with Crippen molar-refractivity contribution in [1.82, 2.24) is 0 Å². The van der Waals surface area contributed by atoms with Crippen LogP contribution in [-0.2, 0) is 9.84 Å². The summed E-state index contributed by atoms with van der Waals surface area (Å²) in [5.74, 6) is 0.0215. The first-order valence-corrected chi connectivity index (χ1v) is 11.4. The van der Waals surface area contributed by atoms with E-state index < -0.39 is 26.1 Å². The highest BCUT2D eigenvalue weighted by Crippen LogP contribution is 2.55. The zero-order valence-electron chi connectivity index (χ0n) is 16.8. The summed E-state index contributed by atoms with van der Waals surface area (Å²) in [6.45, 7) is 10.5. The third kappa shape index (κ3) is 3.54. The number of allylic oxidation sites excluding steroid dienone is 2. The van der Waals surface area contributed by atoms with Crippen LogP contribution in [0.5, 0.6) is 0 Å². The molecule has 6 heteroatoms. The van der Waals surface area contributed by atoms with Crippen LogP contribution in [-0.4, -0.2) is 18.7 Å². The fourth-order valence-corrected chi connectivity index (χ4v) is 6.71. The van der Waals surface area contributed by atoms with Crippen molar-refractivity contribution < 1.29 is 13.3 Å². The van der Waals surface area contributed by atoms with Gasteiger partial charge in [0.1, 0.15) is 0 Å². The van der Waals surface area contributed by atoms with Gasteiger partial charge in [-0.1, -0.05) is 55.8 Å². The molecular weight excluding hydrogens is 374 g/mol. The van der Waals surface area contributed by atoms with E-state index in [0.29, 0.717) is 12.3 Å². The van der Waals surface area contributed by atoms with E-state index in [1.165, 1.54) is 23.3 Å². The molecular formula is C22H29NO4S. The van der Waals surface area contributed by atoms with Crippen molar-refractivity contribution in [2.75, 3.05) is 0 Å². The fourth-order valence-electron chi connectivity index (χ4n) is 5.02. The van der Waals surface area contributed by atoms with Gasteiger partial charge in [0.05, 0.1) is 10.8 Å². The van der Waals surface area contributed by atoms with Gasteiger partial charge < -0.3 is 0 Å². The van der Waals surface area contributed by atoms with Gasteiger partial charge in [-0.25, -0.2) is 8.42 Å². The Morgan fingerprint density at radius 2 is 1.96 bits per heavy atom. The first-order chi connectivity index (χ1) is 13.1. The molecule has 3 rings (SSSR count). The lowest BCUT2D eigenvalue weighted by molar-refractivity contribution is -0.504. The Labute approximate surface area is 167 Å². The third-order valence-corrected chi connectivity index (χ3v) is 9.04. The molecule has 1 aromatic carbocycles. The van der Waals surface area contributed by atoms with Gasteiger partial charge in [-0.05, 0) is 62.0 Å². The predicted octanol–water partition coefficient (Wildman–Crippen LogP) is 5.03. The molecule has 2 aliphatic rings. The van der Waals surface area contributed by atoms with Gasteiger partial charge >= 0.3 is 5.37 Å². The second kappa shape index (κ2) is 7.47. The summed E-state index contributed by atoms with van der Waals surface area (Å²) in [7, 11) is -4.06. The van der Waals surface area contributed by atoms with Crippen LogP contribution in [0, 0.1) is 33.3 Å². The maximum absolute atomic E-state index is 13.1. The second-order valence-electron chi connectivity index (χ2n) is 8.73. The quantitative estimate of drug-likeness (QED) is 0.392. The van der Waals surface area contributed by atoms with Crippen LogP contribution in [0.25, 0.3) is 0 Å². The van der Waals surface area contributed by atoms with Crippen molar-refractivity contribution in [1.29, 1.82) is 0 Å². The van der Waals surface area contributed by atoms with E-state index in [2.05, 4.69) is 27.4 Å². The van der Waals surface area contributed by atoms with Crippen molar-refractivity contribution in [2.24, 2.45) is 23.2 Å². The lowest BCUT2D eigenvalue weighted by Gasteiger charge is -2.49. The number of hydrogen-bond donors (Lipinski definition) is 0. The molecule has 152 valence electrons. The minimum absolute atomic E-state index is 0.0158. The highest BCUT2D eigenvalue weighted by Gasteiger charge is 2.50. The molecule has 1 aromatic rings. The summed E-state index contributed by atoms with van der Waals surface area (Å²) in [5.41, 5.74) is 2.32. The van der Waals surface area contributed by atoms with Crippen LogP contribution in [0.2, 0.25) is 0 Å². The molecule has 0 aromatic heterocycles. The lowest BCUT2D eigenvalue weighted by atomic mass is 9.56. The van der Waals surface area contributed by atoms with E-state index in [-0.39, 0.29) is 16.2 Å². The minimum Gasteiger partial charge on any atom is -0.263 e. The van der Waals surface area contributed by atoms with Crippen LogP contribution < -0.4 is 0 Å². The number of nitro groups is 1. The Morgan fingerprint density at radius 1 is 1.32 bits per heavy atom. The zero-order chi connectivity index (χ0) is 20.7. The molecule has 0 bridgehead atoms. The van der Waals surface area contributed by atoms with Gasteiger partial charge in [0, 0.05) is 4.92 Å². The van der Waals surface area contributed by atoms with E-state index in [0.717, 1.165) is 19.3 Å². The van der Waals surface area contributed by atoms with Gasteiger partial charge in [-0.15, -0.1) is 0 Å². The molecule has 0 N–H and O–H groups in total. The summed E-state index contributed by atoms with van der Waals surface area (Å²) in [4.78, 5) is 11.3. The van der Waals surface area contributed by atoms with Gasteiger partial charge in [0.2, 0.25) is 9.84 Å². The van der Waals surface area contributed by atoms with Crippen LogP contribution in [0.1, 0.15) is 46.5 Å². The molecule has 5 atom stereocenters. The monoisotopic (exact) mass is 403 g/mol. The van der Waals surface area contributed by atoms with Crippen LogP contribution in [0.15, 0.2) is 59.0 Å². The maximum Gasteiger partial charge on any atom is 0.320 e. The van der Waals surface area contributed by atoms with Crippen molar-refractivity contribution >= 4 is 9.84 Å². The number of rotatable bonds is 5. The van der Waals surface area contributed by atoms with Crippen molar-refractivity contribution in [3.8, 4) is 0 Å². The molecule has 0 amide bonds. The first-order valence-electron chi connectivity index (χ1n) is 9.86. The average Bonchev–Trinajstić information content (AvgIpc) is 2.62. The number of hydrogen-bond acceptors (Lipinski definition) is 4. The molecule has 1 saturated carbocycles. The van der Waals surface area contributed by atoms with E-state index in [4.69, 9.17) is 0 Å². The molecule has 0 radical (unpaired) electrons. The van der Waals surface area contributed by atoms with E-state index in [9.17, 15) is 18.5 Å².